The predicted molar refractivity (Wildman–Crippen MR) is 62.0 cm³/mol. The third-order valence-corrected chi connectivity index (χ3v) is 3.84. The second-order valence-corrected chi connectivity index (χ2v) is 4.96. The molecule has 0 aromatic rings. The number of hydrogen-bond donors (Lipinski definition) is 2. The van der Waals surface area contributed by atoms with Crippen molar-refractivity contribution in [1.82, 2.24) is 10.2 Å². The Labute approximate surface area is 97.0 Å². The minimum absolute atomic E-state index is 0.0919. The van der Waals surface area contributed by atoms with Crippen LogP contribution in [0.5, 0.6) is 0 Å². The maximum atomic E-state index is 12.0. The zero-order valence-corrected chi connectivity index (χ0v) is 9.82. The van der Waals surface area contributed by atoms with Crippen molar-refractivity contribution in [3.63, 3.8) is 0 Å². The quantitative estimate of drug-likeness (QED) is 0.728. The monoisotopic (exact) mass is 226 g/mol. The van der Waals surface area contributed by atoms with Crippen LogP contribution in [0.2, 0.25) is 0 Å². The van der Waals surface area contributed by atoms with E-state index in [9.17, 15) is 4.79 Å². The number of nitrogens with zero attached hydrogens (tertiary/aromatic N) is 1. The standard InChI is InChI=1S/C12H22N2O2/c15-9-11-2-1-7-14(11)12(16)4-3-10-5-6-13-8-10/h10-11,13,15H,1-9H2/t10?,11-/m1/s1. The van der Waals surface area contributed by atoms with Gasteiger partial charge in [-0.15, -0.1) is 0 Å². The third-order valence-electron chi connectivity index (χ3n) is 3.84. The number of likely N-dealkylation sites (tertiary alicyclic amines) is 1. The van der Waals surface area contributed by atoms with Crippen molar-refractivity contribution in [3.05, 3.63) is 0 Å². The van der Waals surface area contributed by atoms with E-state index in [0.717, 1.165) is 38.9 Å². The number of carbonyl (C=O) groups is 1. The van der Waals surface area contributed by atoms with Crippen LogP contribution in [0.25, 0.3) is 0 Å². The molecule has 0 radical (unpaired) electrons. The smallest absolute Gasteiger partial charge is 0.222 e. The number of aliphatic hydroxyl groups is 1. The molecule has 0 aliphatic carbocycles. The molecule has 16 heavy (non-hydrogen) atoms. The van der Waals surface area contributed by atoms with Crippen molar-refractivity contribution >= 4 is 5.91 Å². The first kappa shape index (κ1) is 11.9. The van der Waals surface area contributed by atoms with Crippen LogP contribution in [0.15, 0.2) is 0 Å². The molecule has 2 aliphatic rings. The molecule has 4 nitrogen and oxygen atoms in total. The summed E-state index contributed by atoms with van der Waals surface area (Å²) >= 11 is 0. The Balaban J connectivity index is 1.74. The van der Waals surface area contributed by atoms with Crippen LogP contribution in [0, 0.1) is 5.92 Å². The highest BCUT2D eigenvalue weighted by atomic mass is 16.3. The van der Waals surface area contributed by atoms with E-state index in [2.05, 4.69) is 5.32 Å². The average molecular weight is 226 g/mol. The Kier molecular flexibility index (Phi) is 4.18. The Morgan fingerprint density at radius 2 is 2.31 bits per heavy atom. The molecule has 2 atom stereocenters. The number of nitrogens with one attached hydrogen (secondary N) is 1. The topological polar surface area (TPSA) is 52.6 Å². The highest BCUT2D eigenvalue weighted by molar-refractivity contribution is 5.76. The molecule has 1 unspecified atom stereocenters. The lowest BCUT2D eigenvalue weighted by Gasteiger charge is -2.23. The predicted octanol–water partition coefficient (Wildman–Crippen LogP) is 0.359. The van der Waals surface area contributed by atoms with Gasteiger partial charge in [0.25, 0.3) is 0 Å². The summed E-state index contributed by atoms with van der Waals surface area (Å²) in [5.74, 6) is 0.919. The molecule has 2 fully saturated rings. The molecule has 0 bridgehead atoms. The van der Waals surface area contributed by atoms with Crippen molar-refractivity contribution in [2.24, 2.45) is 5.92 Å². The molecule has 92 valence electrons. The van der Waals surface area contributed by atoms with E-state index in [0.29, 0.717) is 12.3 Å². The largest absolute Gasteiger partial charge is 0.394 e. The van der Waals surface area contributed by atoms with E-state index >= 15 is 0 Å². The third kappa shape index (κ3) is 2.74. The van der Waals surface area contributed by atoms with Crippen molar-refractivity contribution in [2.45, 2.75) is 38.1 Å². The summed E-state index contributed by atoms with van der Waals surface area (Å²) in [6.45, 7) is 3.13. The fourth-order valence-corrected chi connectivity index (χ4v) is 2.79. The highest BCUT2D eigenvalue weighted by Crippen LogP contribution is 2.20. The maximum absolute atomic E-state index is 12.0. The van der Waals surface area contributed by atoms with Crippen LogP contribution in [0.4, 0.5) is 0 Å². The molecule has 0 saturated carbocycles. The summed E-state index contributed by atoms with van der Waals surface area (Å²) in [5, 5.41) is 12.5. The number of aliphatic hydroxyl groups excluding tert-OH is 1. The summed E-state index contributed by atoms with van der Waals surface area (Å²) in [5.41, 5.74) is 0. The van der Waals surface area contributed by atoms with Crippen LogP contribution >= 0.6 is 0 Å². The van der Waals surface area contributed by atoms with Gasteiger partial charge in [-0.25, -0.2) is 0 Å². The normalized spacial score (nSPS) is 29.9. The molecule has 2 rings (SSSR count). The first-order valence-electron chi connectivity index (χ1n) is 6.42. The SMILES string of the molecule is O=C(CCC1CCNC1)N1CCC[C@@H]1CO. The fourth-order valence-electron chi connectivity index (χ4n) is 2.79. The van der Waals surface area contributed by atoms with Gasteiger partial charge in [0.15, 0.2) is 0 Å². The minimum atomic E-state index is 0.0919. The molecule has 2 saturated heterocycles. The average Bonchev–Trinajstić information content (AvgIpc) is 2.96. The van der Waals surface area contributed by atoms with Gasteiger partial charge in [-0.2, -0.15) is 0 Å². The van der Waals surface area contributed by atoms with E-state index in [1.165, 1.54) is 6.42 Å². The summed E-state index contributed by atoms with van der Waals surface area (Å²) in [7, 11) is 0. The summed E-state index contributed by atoms with van der Waals surface area (Å²) < 4.78 is 0. The number of carbonyl (C=O) groups excluding carboxylic acids is 1. The van der Waals surface area contributed by atoms with Crippen molar-refractivity contribution in [2.75, 3.05) is 26.2 Å². The molecule has 2 aliphatic heterocycles. The van der Waals surface area contributed by atoms with E-state index in [4.69, 9.17) is 5.11 Å². The lowest BCUT2D eigenvalue weighted by molar-refractivity contribution is -0.133. The summed E-state index contributed by atoms with van der Waals surface area (Å²) in [4.78, 5) is 13.8. The number of hydrogen-bond acceptors (Lipinski definition) is 3. The van der Waals surface area contributed by atoms with Gasteiger partial charge in [0.1, 0.15) is 0 Å². The van der Waals surface area contributed by atoms with Crippen molar-refractivity contribution in [1.29, 1.82) is 0 Å². The van der Waals surface area contributed by atoms with Gasteiger partial charge in [-0.3, -0.25) is 4.79 Å². The van der Waals surface area contributed by atoms with Crippen LogP contribution in [-0.2, 0) is 4.79 Å². The molecule has 0 aromatic carbocycles. The molecular formula is C12H22N2O2. The van der Waals surface area contributed by atoms with E-state index in [1.54, 1.807) is 0 Å². The lowest BCUT2D eigenvalue weighted by atomic mass is 10.0. The van der Waals surface area contributed by atoms with Gasteiger partial charge in [-0.05, 0) is 44.7 Å². The van der Waals surface area contributed by atoms with Crippen LogP contribution < -0.4 is 5.32 Å². The number of amides is 1. The van der Waals surface area contributed by atoms with Gasteiger partial charge >= 0.3 is 0 Å². The van der Waals surface area contributed by atoms with Gasteiger partial charge in [0.2, 0.25) is 5.91 Å². The van der Waals surface area contributed by atoms with Crippen LogP contribution in [-0.4, -0.2) is 48.2 Å². The highest BCUT2D eigenvalue weighted by Gasteiger charge is 2.28. The van der Waals surface area contributed by atoms with E-state index < -0.39 is 0 Å². The molecule has 1 amide bonds. The second kappa shape index (κ2) is 5.64. The summed E-state index contributed by atoms with van der Waals surface area (Å²) in [6, 6.07) is 0.0919. The second-order valence-electron chi connectivity index (χ2n) is 4.96. The van der Waals surface area contributed by atoms with Crippen LogP contribution in [0.3, 0.4) is 0 Å². The molecule has 0 aromatic heterocycles. The molecular weight excluding hydrogens is 204 g/mol. The maximum Gasteiger partial charge on any atom is 0.222 e. The van der Waals surface area contributed by atoms with Gasteiger partial charge in [0, 0.05) is 13.0 Å². The van der Waals surface area contributed by atoms with Crippen molar-refractivity contribution in [3.8, 4) is 0 Å². The fraction of sp³-hybridized carbons (Fsp3) is 0.917. The molecule has 0 spiro atoms. The first-order chi connectivity index (χ1) is 7.81. The molecule has 2 heterocycles. The molecule has 2 N–H and O–H groups in total. The number of rotatable bonds is 4. The Bertz CT molecular complexity index is 239. The lowest BCUT2D eigenvalue weighted by Crippen LogP contribution is -2.37. The summed E-state index contributed by atoms with van der Waals surface area (Å²) in [6.07, 6.45) is 4.87. The van der Waals surface area contributed by atoms with Gasteiger partial charge < -0.3 is 15.3 Å². The van der Waals surface area contributed by atoms with Crippen LogP contribution in [0.1, 0.15) is 32.1 Å². The zero-order valence-electron chi connectivity index (χ0n) is 9.82. The zero-order chi connectivity index (χ0) is 11.4. The Morgan fingerprint density at radius 3 is 3.00 bits per heavy atom. The van der Waals surface area contributed by atoms with Gasteiger partial charge in [-0.1, -0.05) is 0 Å². The Hall–Kier alpha value is -0.610. The van der Waals surface area contributed by atoms with Crippen molar-refractivity contribution < 1.29 is 9.90 Å². The Morgan fingerprint density at radius 1 is 1.44 bits per heavy atom. The van der Waals surface area contributed by atoms with E-state index in [-0.39, 0.29) is 18.6 Å². The molecule has 4 heteroatoms. The van der Waals surface area contributed by atoms with Gasteiger partial charge in [0.05, 0.1) is 12.6 Å². The van der Waals surface area contributed by atoms with E-state index in [1.807, 2.05) is 4.90 Å². The minimum Gasteiger partial charge on any atom is -0.394 e. The first-order valence-corrected chi connectivity index (χ1v) is 6.42.